The van der Waals surface area contributed by atoms with Crippen LogP contribution in [0.25, 0.3) is 5.69 Å². The maximum absolute atomic E-state index is 13.3. The van der Waals surface area contributed by atoms with E-state index in [4.69, 9.17) is 11.6 Å². The highest BCUT2D eigenvalue weighted by Crippen LogP contribution is 2.35. The standard InChI is InChI=1S/C25H28ClN3O2/c1-16-8-10-19(11-9-16)23(18-6-4-3-5-7-18)28-24(30)21-14-20(12-13-22(21)26)29-15-17(2)27-25(29)31/h8-15,18,23H,3-7H2,1-2H3,(H,27,31)(H,28,30). The van der Waals surface area contributed by atoms with Crippen molar-refractivity contribution < 1.29 is 4.79 Å². The van der Waals surface area contributed by atoms with Crippen molar-refractivity contribution in [3.05, 3.63) is 86.6 Å². The lowest BCUT2D eigenvalue weighted by Gasteiger charge is -2.31. The van der Waals surface area contributed by atoms with Crippen molar-refractivity contribution in [3.8, 4) is 5.69 Å². The van der Waals surface area contributed by atoms with Gasteiger partial charge in [0.2, 0.25) is 0 Å². The Morgan fingerprint density at radius 3 is 2.45 bits per heavy atom. The third kappa shape index (κ3) is 4.77. The van der Waals surface area contributed by atoms with Gasteiger partial charge in [-0.3, -0.25) is 9.36 Å². The van der Waals surface area contributed by atoms with Gasteiger partial charge in [0.25, 0.3) is 5.91 Å². The van der Waals surface area contributed by atoms with Gasteiger partial charge < -0.3 is 10.3 Å². The number of aromatic nitrogens is 2. The van der Waals surface area contributed by atoms with Gasteiger partial charge in [0.1, 0.15) is 0 Å². The molecule has 1 atom stereocenters. The summed E-state index contributed by atoms with van der Waals surface area (Å²) in [4.78, 5) is 28.3. The Morgan fingerprint density at radius 1 is 1.10 bits per heavy atom. The molecule has 0 bridgehead atoms. The van der Waals surface area contributed by atoms with Crippen LogP contribution in [0, 0.1) is 19.8 Å². The molecule has 162 valence electrons. The third-order valence-corrected chi connectivity index (χ3v) is 6.49. The van der Waals surface area contributed by atoms with Gasteiger partial charge in [-0.15, -0.1) is 0 Å². The minimum absolute atomic E-state index is 0.0645. The molecule has 3 aromatic rings. The number of benzene rings is 2. The van der Waals surface area contributed by atoms with E-state index in [-0.39, 0.29) is 17.6 Å². The Hall–Kier alpha value is -2.79. The molecule has 1 unspecified atom stereocenters. The van der Waals surface area contributed by atoms with Crippen molar-refractivity contribution in [2.45, 2.75) is 52.0 Å². The van der Waals surface area contributed by atoms with Crippen LogP contribution in [-0.2, 0) is 0 Å². The lowest BCUT2D eigenvalue weighted by Crippen LogP contribution is -2.34. The first-order valence-electron chi connectivity index (χ1n) is 10.9. The number of hydrogen-bond acceptors (Lipinski definition) is 2. The predicted octanol–water partition coefficient (Wildman–Crippen LogP) is 5.49. The first kappa shape index (κ1) is 21.4. The summed E-state index contributed by atoms with van der Waals surface area (Å²) in [6.07, 6.45) is 7.55. The second-order valence-electron chi connectivity index (χ2n) is 8.54. The Morgan fingerprint density at radius 2 is 1.81 bits per heavy atom. The molecular formula is C25H28ClN3O2. The largest absolute Gasteiger partial charge is 0.345 e. The number of halogens is 1. The summed E-state index contributed by atoms with van der Waals surface area (Å²) in [6.45, 7) is 3.88. The lowest BCUT2D eigenvalue weighted by molar-refractivity contribution is 0.0912. The van der Waals surface area contributed by atoms with Gasteiger partial charge in [-0.05, 0) is 56.4 Å². The van der Waals surface area contributed by atoms with E-state index in [0.29, 0.717) is 22.2 Å². The zero-order valence-corrected chi connectivity index (χ0v) is 18.7. The van der Waals surface area contributed by atoms with Crippen LogP contribution in [0.15, 0.2) is 53.5 Å². The monoisotopic (exact) mass is 437 g/mol. The molecule has 1 saturated carbocycles. The number of carbonyl (C=O) groups is 1. The van der Waals surface area contributed by atoms with E-state index in [2.05, 4.69) is 41.5 Å². The second kappa shape index (κ2) is 9.15. The predicted molar refractivity (Wildman–Crippen MR) is 124 cm³/mol. The zero-order chi connectivity index (χ0) is 22.0. The third-order valence-electron chi connectivity index (χ3n) is 6.16. The minimum atomic E-state index is -0.245. The van der Waals surface area contributed by atoms with Gasteiger partial charge in [-0.1, -0.05) is 60.7 Å². The van der Waals surface area contributed by atoms with Gasteiger partial charge in [0.15, 0.2) is 0 Å². The lowest BCUT2D eigenvalue weighted by atomic mass is 9.81. The first-order valence-corrected chi connectivity index (χ1v) is 11.3. The summed E-state index contributed by atoms with van der Waals surface area (Å²) < 4.78 is 1.49. The molecule has 0 saturated heterocycles. The van der Waals surface area contributed by atoms with E-state index in [1.807, 2.05) is 6.92 Å². The van der Waals surface area contributed by atoms with Gasteiger partial charge in [-0.25, -0.2) is 4.79 Å². The smallest absolute Gasteiger partial charge is 0.330 e. The summed E-state index contributed by atoms with van der Waals surface area (Å²) in [5, 5.41) is 3.63. The molecule has 1 heterocycles. The maximum atomic E-state index is 13.3. The molecule has 2 N–H and O–H groups in total. The number of imidazole rings is 1. The number of aryl methyl sites for hydroxylation is 2. The molecule has 31 heavy (non-hydrogen) atoms. The van der Waals surface area contributed by atoms with Crippen LogP contribution in [0.3, 0.4) is 0 Å². The number of aromatic amines is 1. The van der Waals surface area contributed by atoms with Crippen molar-refractivity contribution >= 4 is 17.5 Å². The highest BCUT2D eigenvalue weighted by Gasteiger charge is 2.27. The summed E-state index contributed by atoms with van der Waals surface area (Å²) in [5.41, 5.74) is 3.80. The number of carbonyl (C=O) groups excluding carboxylic acids is 1. The molecule has 2 aromatic carbocycles. The van der Waals surface area contributed by atoms with Crippen molar-refractivity contribution in [1.82, 2.24) is 14.9 Å². The molecule has 0 radical (unpaired) electrons. The van der Waals surface area contributed by atoms with Crippen LogP contribution in [0.4, 0.5) is 0 Å². The molecular weight excluding hydrogens is 410 g/mol. The highest BCUT2D eigenvalue weighted by atomic mass is 35.5. The molecule has 6 heteroatoms. The highest BCUT2D eigenvalue weighted by molar-refractivity contribution is 6.33. The van der Waals surface area contributed by atoms with Crippen molar-refractivity contribution in [2.24, 2.45) is 5.92 Å². The van der Waals surface area contributed by atoms with E-state index >= 15 is 0 Å². The van der Waals surface area contributed by atoms with Crippen molar-refractivity contribution in [3.63, 3.8) is 0 Å². The Labute approximate surface area is 187 Å². The fourth-order valence-electron chi connectivity index (χ4n) is 4.48. The fraction of sp³-hybridized carbons (Fsp3) is 0.360. The number of amides is 1. The maximum Gasteiger partial charge on any atom is 0.330 e. The van der Waals surface area contributed by atoms with E-state index in [0.717, 1.165) is 24.1 Å². The molecule has 1 fully saturated rings. The minimum Gasteiger partial charge on any atom is -0.345 e. The number of nitrogens with zero attached hydrogens (tertiary/aromatic N) is 1. The van der Waals surface area contributed by atoms with Crippen molar-refractivity contribution in [1.29, 1.82) is 0 Å². The normalized spacial score (nSPS) is 15.6. The van der Waals surface area contributed by atoms with E-state index in [1.165, 1.54) is 29.4 Å². The summed E-state index contributed by atoms with van der Waals surface area (Å²) in [7, 11) is 0. The quantitative estimate of drug-likeness (QED) is 0.554. The molecule has 1 amide bonds. The van der Waals surface area contributed by atoms with Crippen LogP contribution in [0.1, 0.15) is 65.3 Å². The second-order valence-corrected chi connectivity index (χ2v) is 8.94. The number of H-pyrrole nitrogens is 1. The van der Waals surface area contributed by atoms with E-state index < -0.39 is 0 Å². The van der Waals surface area contributed by atoms with E-state index in [1.54, 1.807) is 24.4 Å². The molecule has 1 aliphatic rings. The fourth-order valence-corrected chi connectivity index (χ4v) is 4.68. The Kier molecular flexibility index (Phi) is 6.33. The summed E-state index contributed by atoms with van der Waals surface area (Å²) in [5.74, 6) is 0.181. The Bertz CT molecular complexity index is 1120. The zero-order valence-electron chi connectivity index (χ0n) is 18.0. The summed E-state index contributed by atoms with van der Waals surface area (Å²) >= 11 is 6.40. The molecule has 4 rings (SSSR count). The van der Waals surface area contributed by atoms with Gasteiger partial charge in [0, 0.05) is 11.9 Å². The number of nitrogens with one attached hydrogen (secondary N) is 2. The molecule has 1 aliphatic carbocycles. The average molecular weight is 438 g/mol. The Balaban J connectivity index is 1.65. The van der Waals surface area contributed by atoms with Gasteiger partial charge >= 0.3 is 5.69 Å². The molecule has 0 spiro atoms. The molecule has 5 nitrogen and oxygen atoms in total. The van der Waals surface area contributed by atoms with Gasteiger partial charge in [-0.2, -0.15) is 0 Å². The molecule has 0 aliphatic heterocycles. The van der Waals surface area contributed by atoms with Crippen LogP contribution >= 0.6 is 11.6 Å². The van der Waals surface area contributed by atoms with Crippen LogP contribution in [0.5, 0.6) is 0 Å². The van der Waals surface area contributed by atoms with Crippen molar-refractivity contribution in [2.75, 3.05) is 0 Å². The van der Waals surface area contributed by atoms with Gasteiger partial charge in [0.05, 0.1) is 22.3 Å². The van der Waals surface area contributed by atoms with Crippen LogP contribution in [-0.4, -0.2) is 15.5 Å². The topological polar surface area (TPSA) is 66.9 Å². The average Bonchev–Trinajstić information content (AvgIpc) is 3.11. The van der Waals surface area contributed by atoms with Crippen LogP contribution < -0.4 is 11.0 Å². The number of rotatable bonds is 5. The number of hydrogen-bond donors (Lipinski definition) is 2. The van der Waals surface area contributed by atoms with E-state index in [9.17, 15) is 9.59 Å². The molecule has 1 aromatic heterocycles. The SMILES string of the molecule is Cc1ccc(C(NC(=O)c2cc(-n3cc(C)[nH]c3=O)ccc2Cl)C2CCCCC2)cc1. The van der Waals surface area contributed by atoms with Crippen LogP contribution in [0.2, 0.25) is 5.02 Å². The summed E-state index contributed by atoms with van der Waals surface area (Å²) in [6, 6.07) is 13.4. The first-order chi connectivity index (χ1) is 14.9.